The molecule has 0 amide bonds. The van der Waals surface area contributed by atoms with E-state index in [9.17, 15) is 18.3 Å². The van der Waals surface area contributed by atoms with E-state index in [0.717, 1.165) is 23.2 Å². The highest BCUT2D eigenvalue weighted by Crippen LogP contribution is 2.27. The number of aliphatic hydroxyl groups excluding tert-OH is 1. The predicted octanol–water partition coefficient (Wildman–Crippen LogP) is 2.51. The molecule has 0 fully saturated rings. The molecule has 144 valence electrons. The minimum absolute atomic E-state index is 0.0778. The molecule has 0 spiro atoms. The molecule has 3 rings (SSSR count). The van der Waals surface area contributed by atoms with Crippen LogP contribution in [0.15, 0.2) is 48.8 Å². The molecule has 0 bridgehead atoms. The van der Waals surface area contributed by atoms with Crippen molar-refractivity contribution >= 4 is 16.9 Å². The van der Waals surface area contributed by atoms with Crippen molar-refractivity contribution in [1.82, 2.24) is 19.9 Å². The molecule has 0 saturated carbocycles. The molecule has 0 aliphatic heterocycles. The number of halogens is 3. The fourth-order valence-corrected chi connectivity index (χ4v) is 2.72. The summed E-state index contributed by atoms with van der Waals surface area (Å²) in [6.45, 7) is 1.59. The van der Waals surface area contributed by atoms with E-state index in [1.54, 1.807) is 0 Å². The first kappa shape index (κ1) is 19.1. The minimum Gasteiger partial charge on any atom is -0.390 e. The van der Waals surface area contributed by atoms with E-state index in [-0.39, 0.29) is 5.95 Å². The zero-order chi connectivity index (χ0) is 19.3. The van der Waals surface area contributed by atoms with Gasteiger partial charge < -0.3 is 20.3 Å². The number of alkyl halides is 3. The maximum absolute atomic E-state index is 12.6. The molecule has 0 aliphatic carbocycles. The second-order valence-electron chi connectivity index (χ2n) is 6.07. The third-order valence-electron chi connectivity index (χ3n) is 4.00. The van der Waals surface area contributed by atoms with Crippen LogP contribution >= 0.6 is 0 Å². The van der Waals surface area contributed by atoms with Crippen molar-refractivity contribution in [2.75, 3.05) is 25.0 Å². The van der Waals surface area contributed by atoms with Crippen molar-refractivity contribution in [2.45, 2.75) is 18.8 Å². The van der Waals surface area contributed by atoms with Crippen LogP contribution in [0.3, 0.4) is 0 Å². The molecule has 1 aromatic carbocycles. The Morgan fingerprint density at radius 2 is 1.93 bits per heavy atom. The normalized spacial score (nSPS) is 13.0. The summed E-state index contributed by atoms with van der Waals surface area (Å²) < 4.78 is 39.8. The van der Waals surface area contributed by atoms with E-state index >= 15 is 0 Å². The summed E-state index contributed by atoms with van der Waals surface area (Å²) in [6, 6.07) is 10.7. The maximum atomic E-state index is 12.6. The zero-order valence-corrected chi connectivity index (χ0v) is 14.4. The molecule has 0 unspecified atom stereocenters. The van der Waals surface area contributed by atoms with Gasteiger partial charge in [-0.2, -0.15) is 13.2 Å². The van der Waals surface area contributed by atoms with Crippen molar-refractivity contribution in [2.24, 2.45) is 0 Å². The molecule has 2 aromatic heterocycles. The van der Waals surface area contributed by atoms with Gasteiger partial charge in [0.2, 0.25) is 5.95 Å². The lowest BCUT2D eigenvalue weighted by atomic mass is 10.2. The fourth-order valence-electron chi connectivity index (χ4n) is 2.72. The summed E-state index contributed by atoms with van der Waals surface area (Å²) in [7, 11) is 0. The molecule has 6 nitrogen and oxygen atoms in total. The second-order valence-corrected chi connectivity index (χ2v) is 6.07. The number of nitrogens with zero attached hydrogens (tertiary/aromatic N) is 3. The molecule has 0 radical (unpaired) electrons. The molecule has 9 heteroatoms. The lowest BCUT2D eigenvalue weighted by Crippen LogP contribution is -2.33. The van der Waals surface area contributed by atoms with Crippen LogP contribution in [0.1, 0.15) is 5.69 Å². The predicted molar refractivity (Wildman–Crippen MR) is 96.3 cm³/mol. The number of benzene rings is 1. The molecular weight excluding hydrogens is 359 g/mol. The Labute approximate surface area is 154 Å². The Hall–Kier alpha value is -2.65. The standard InChI is InChI=1S/C18H20F3N5O/c19-18(20,21)16-5-7-23-17(25-16)24-9-8-22-11-14(27)12-26-10-6-13-3-1-2-4-15(13)26/h1-7,10,14,22,27H,8-9,11-12H2,(H,23,24,25)/t14-/m1/s1. The van der Waals surface area contributed by atoms with Crippen molar-refractivity contribution in [3.8, 4) is 0 Å². The fraction of sp³-hybridized carbons (Fsp3) is 0.333. The third kappa shape index (κ3) is 5.18. The summed E-state index contributed by atoms with van der Waals surface area (Å²) in [5.41, 5.74) is 0.0715. The number of fused-ring (bicyclic) bond motifs is 1. The van der Waals surface area contributed by atoms with Gasteiger partial charge in [0, 0.05) is 44.1 Å². The third-order valence-corrected chi connectivity index (χ3v) is 4.00. The Kier molecular flexibility index (Phi) is 5.92. The van der Waals surface area contributed by atoms with E-state index in [1.165, 1.54) is 0 Å². The van der Waals surface area contributed by atoms with Crippen LogP contribution in [-0.2, 0) is 12.7 Å². The first-order chi connectivity index (χ1) is 12.9. The van der Waals surface area contributed by atoms with Gasteiger partial charge in [-0.05, 0) is 23.6 Å². The quantitative estimate of drug-likeness (QED) is 0.525. The van der Waals surface area contributed by atoms with Gasteiger partial charge in [-0.25, -0.2) is 9.97 Å². The van der Waals surface area contributed by atoms with Gasteiger partial charge in [0.05, 0.1) is 6.10 Å². The largest absolute Gasteiger partial charge is 0.433 e. The van der Waals surface area contributed by atoms with Crippen LogP contribution < -0.4 is 10.6 Å². The summed E-state index contributed by atoms with van der Waals surface area (Å²) in [5, 5.41) is 17.1. The van der Waals surface area contributed by atoms with Gasteiger partial charge in [0.1, 0.15) is 5.69 Å². The van der Waals surface area contributed by atoms with Crippen molar-refractivity contribution in [3.05, 3.63) is 54.5 Å². The van der Waals surface area contributed by atoms with Gasteiger partial charge in [-0.15, -0.1) is 0 Å². The number of para-hydroxylation sites is 1. The Morgan fingerprint density at radius 1 is 1.11 bits per heavy atom. The van der Waals surface area contributed by atoms with Crippen LogP contribution in [0.5, 0.6) is 0 Å². The smallest absolute Gasteiger partial charge is 0.390 e. The lowest BCUT2D eigenvalue weighted by Gasteiger charge is -2.14. The van der Waals surface area contributed by atoms with Crippen LogP contribution in [-0.4, -0.2) is 45.4 Å². The number of anilines is 1. The maximum Gasteiger partial charge on any atom is 0.433 e. The summed E-state index contributed by atoms with van der Waals surface area (Å²) in [6.07, 6.45) is -2.09. The molecule has 1 atom stereocenters. The molecule has 3 aromatic rings. The molecule has 0 aliphatic rings. The topological polar surface area (TPSA) is 75.0 Å². The van der Waals surface area contributed by atoms with E-state index < -0.39 is 18.0 Å². The Balaban J connectivity index is 1.40. The number of nitrogens with one attached hydrogen (secondary N) is 2. The van der Waals surface area contributed by atoms with Crippen LogP contribution in [0.25, 0.3) is 10.9 Å². The van der Waals surface area contributed by atoms with Crippen molar-refractivity contribution in [1.29, 1.82) is 0 Å². The van der Waals surface area contributed by atoms with Gasteiger partial charge in [-0.1, -0.05) is 18.2 Å². The number of aromatic nitrogens is 3. The van der Waals surface area contributed by atoms with E-state index in [0.29, 0.717) is 26.2 Å². The molecule has 2 heterocycles. The van der Waals surface area contributed by atoms with Crippen molar-refractivity contribution < 1.29 is 18.3 Å². The average Bonchev–Trinajstić information content (AvgIpc) is 3.04. The number of rotatable bonds is 8. The molecule has 27 heavy (non-hydrogen) atoms. The van der Waals surface area contributed by atoms with Crippen LogP contribution in [0.2, 0.25) is 0 Å². The second kappa shape index (κ2) is 8.36. The van der Waals surface area contributed by atoms with Crippen LogP contribution in [0, 0.1) is 0 Å². The summed E-state index contributed by atoms with van der Waals surface area (Å²) in [4.78, 5) is 7.19. The number of hydrogen-bond acceptors (Lipinski definition) is 5. The van der Waals surface area contributed by atoms with Crippen molar-refractivity contribution in [3.63, 3.8) is 0 Å². The van der Waals surface area contributed by atoms with Gasteiger partial charge >= 0.3 is 6.18 Å². The first-order valence-electron chi connectivity index (χ1n) is 8.50. The van der Waals surface area contributed by atoms with E-state index in [1.807, 2.05) is 41.1 Å². The highest BCUT2D eigenvalue weighted by molar-refractivity contribution is 5.79. The van der Waals surface area contributed by atoms with Gasteiger partial charge in [0.25, 0.3) is 0 Å². The van der Waals surface area contributed by atoms with E-state index in [2.05, 4.69) is 20.6 Å². The zero-order valence-electron chi connectivity index (χ0n) is 14.4. The van der Waals surface area contributed by atoms with Gasteiger partial charge in [-0.3, -0.25) is 0 Å². The monoisotopic (exact) mass is 379 g/mol. The highest BCUT2D eigenvalue weighted by Gasteiger charge is 2.32. The molecule has 3 N–H and O–H groups in total. The average molecular weight is 379 g/mol. The van der Waals surface area contributed by atoms with E-state index in [4.69, 9.17) is 0 Å². The van der Waals surface area contributed by atoms with Gasteiger partial charge in [0.15, 0.2) is 0 Å². The van der Waals surface area contributed by atoms with Crippen LogP contribution in [0.4, 0.5) is 19.1 Å². The molecule has 0 saturated heterocycles. The number of hydrogen-bond donors (Lipinski definition) is 3. The Bertz CT molecular complexity index is 881. The highest BCUT2D eigenvalue weighted by atomic mass is 19.4. The summed E-state index contributed by atoms with van der Waals surface area (Å²) >= 11 is 0. The SMILES string of the molecule is O[C@H](CNCCNc1nccc(C(F)(F)F)n1)Cn1ccc2ccccc21. The summed E-state index contributed by atoms with van der Waals surface area (Å²) in [5.74, 6) is -0.0778. The lowest BCUT2D eigenvalue weighted by molar-refractivity contribution is -0.141. The molecular formula is C18H20F3N5O. The number of aliphatic hydroxyl groups is 1. The first-order valence-corrected chi connectivity index (χ1v) is 8.50. The Morgan fingerprint density at radius 3 is 2.74 bits per heavy atom. The minimum atomic E-state index is -4.50.